The number of hydrogen-bond donors (Lipinski definition) is 1. The maximum Gasteiger partial charge on any atom is 0.244 e. The Morgan fingerprint density at radius 3 is 2.26 bits per heavy atom. The third-order valence-corrected chi connectivity index (χ3v) is 7.13. The minimum atomic E-state index is -3.78. The Kier molecular flexibility index (Phi) is 9.53. The summed E-state index contributed by atoms with van der Waals surface area (Å²) in [6.07, 6.45) is 1.43. The second-order valence-corrected chi connectivity index (χ2v) is 11.0. The molecule has 9 heteroatoms. The fourth-order valence-electron chi connectivity index (χ4n) is 3.71. The zero-order chi connectivity index (χ0) is 25.6. The minimum absolute atomic E-state index is 0.0763. The van der Waals surface area contributed by atoms with E-state index in [9.17, 15) is 18.0 Å². The van der Waals surface area contributed by atoms with Gasteiger partial charge in [0, 0.05) is 17.6 Å². The third-order valence-electron chi connectivity index (χ3n) is 5.64. The smallest absolute Gasteiger partial charge is 0.244 e. The summed E-state index contributed by atoms with van der Waals surface area (Å²) < 4.78 is 26.6. The van der Waals surface area contributed by atoms with Crippen molar-refractivity contribution in [2.75, 3.05) is 17.1 Å². The predicted molar refractivity (Wildman–Crippen MR) is 137 cm³/mol. The van der Waals surface area contributed by atoms with Crippen LogP contribution in [0.15, 0.2) is 42.5 Å². The molecule has 0 bridgehead atoms. The Balaban J connectivity index is 2.50. The maximum atomic E-state index is 13.7. The summed E-state index contributed by atoms with van der Waals surface area (Å²) in [5.41, 5.74) is 2.79. The number of sulfonamides is 1. The van der Waals surface area contributed by atoms with Crippen LogP contribution in [0.1, 0.15) is 43.9 Å². The minimum Gasteiger partial charge on any atom is -0.352 e. The van der Waals surface area contributed by atoms with Crippen LogP contribution in [-0.4, -0.2) is 50.0 Å². The Bertz CT molecular complexity index is 1130. The van der Waals surface area contributed by atoms with E-state index in [1.807, 2.05) is 40.7 Å². The second-order valence-electron chi connectivity index (χ2n) is 8.69. The van der Waals surface area contributed by atoms with Gasteiger partial charge in [-0.05, 0) is 62.9 Å². The van der Waals surface area contributed by atoms with Gasteiger partial charge in [-0.1, -0.05) is 48.9 Å². The fraction of sp³-hybridized carbons (Fsp3) is 0.440. The van der Waals surface area contributed by atoms with Crippen LogP contribution in [0.25, 0.3) is 0 Å². The Hall–Kier alpha value is -2.58. The molecule has 2 aromatic rings. The van der Waals surface area contributed by atoms with Gasteiger partial charge < -0.3 is 10.2 Å². The number of nitrogens with zero attached hydrogens (tertiary/aromatic N) is 2. The van der Waals surface area contributed by atoms with E-state index in [1.54, 1.807) is 36.4 Å². The number of rotatable bonds is 10. The van der Waals surface area contributed by atoms with Crippen molar-refractivity contribution in [3.63, 3.8) is 0 Å². The Labute approximate surface area is 208 Å². The topological polar surface area (TPSA) is 86.8 Å². The molecule has 2 aromatic carbocycles. The van der Waals surface area contributed by atoms with Gasteiger partial charge in [-0.2, -0.15) is 0 Å². The van der Waals surface area contributed by atoms with Crippen molar-refractivity contribution in [2.45, 2.75) is 59.7 Å². The molecule has 0 aliphatic rings. The number of carbonyl (C=O) groups is 2. The molecule has 2 amide bonds. The molecule has 0 aliphatic heterocycles. The van der Waals surface area contributed by atoms with Gasteiger partial charge in [0.15, 0.2) is 0 Å². The number of benzene rings is 2. The van der Waals surface area contributed by atoms with Crippen LogP contribution in [0.4, 0.5) is 5.69 Å². The molecule has 0 spiro atoms. The number of anilines is 1. The van der Waals surface area contributed by atoms with Crippen molar-refractivity contribution in [1.82, 2.24) is 10.2 Å². The number of aryl methyl sites for hydroxylation is 1. The number of halogens is 1. The Morgan fingerprint density at radius 2 is 1.71 bits per heavy atom. The zero-order valence-electron chi connectivity index (χ0n) is 20.6. The van der Waals surface area contributed by atoms with Crippen LogP contribution >= 0.6 is 11.6 Å². The van der Waals surface area contributed by atoms with Crippen molar-refractivity contribution in [1.29, 1.82) is 0 Å². The highest BCUT2D eigenvalue weighted by atomic mass is 35.5. The highest BCUT2D eigenvalue weighted by Gasteiger charge is 2.32. The molecular formula is C25H34ClN3O4S. The number of amides is 2. The number of nitrogens with one attached hydrogen (secondary N) is 1. The molecule has 0 heterocycles. The number of hydrogen-bond acceptors (Lipinski definition) is 4. The molecule has 0 saturated carbocycles. The quantitative estimate of drug-likeness (QED) is 0.525. The van der Waals surface area contributed by atoms with Crippen molar-refractivity contribution >= 4 is 39.1 Å². The molecule has 2 rings (SSSR count). The van der Waals surface area contributed by atoms with E-state index in [0.29, 0.717) is 22.7 Å². The van der Waals surface area contributed by atoms with Gasteiger partial charge >= 0.3 is 0 Å². The first-order valence-electron chi connectivity index (χ1n) is 11.2. The van der Waals surface area contributed by atoms with Crippen LogP contribution in [0, 0.1) is 13.8 Å². The molecule has 34 heavy (non-hydrogen) atoms. The molecule has 0 saturated heterocycles. The zero-order valence-corrected chi connectivity index (χ0v) is 22.2. The molecular weight excluding hydrogens is 474 g/mol. The van der Waals surface area contributed by atoms with Gasteiger partial charge in [-0.3, -0.25) is 13.9 Å². The van der Waals surface area contributed by atoms with E-state index in [4.69, 9.17) is 11.6 Å². The maximum absolute atomic E-state index is 13.7. The van der Waals surface area contributed by atoms with E-state index in [0.717, 1.165) is 21.7 Å². The summed E-state index contributed by atoms with van der Waals surface area (Å²) in [7, 11) is -3.78. The summed E-state index contributed by atoms with van der Waals surface area (Å²) in [6.45, 7) is 8.85. The van der Waals surface area contributed by atoms with Crippen molar-refractivity contribution in [3.8, 4) is 0 Å². The summed E-state index contributed by atoms with van der Waals surface area (Å²) in [5.74, 6) is -0.785. The SMILES string of the molecule is CC[C@@H](C(=O)NC(C)C)N(Cc1ccccc1Cl)C(=O)CN(c1cccc(C)c1C)S(C)(=O)=O. The van der Waals surface area contributed by atoms with E-state index >= 15 is 0 Å². The van der Waals surface area contributed by atoms with Gasteiger partial charge in [-0.15, -0.1) is 0 Å². The van der Waals surface area contributed by atoms with Gasteiger partial charge in [0.05, 0.1) is 11.9 Å². The van der Waals surface area contributed by atoms with Crippen LogP contribution in [0.3, 0.4) is 0 Å². The lowest BCUT2D eigenvalue weighted by atomic mass is 10.1. The van der Waals surface area contributed by atoms with Gasteiger partial charge in [-0.25, -0.2) is 8.42 Å². The molecule has 186 valence electrons. The van der Waals surface area contributed by atoms with Gasteiger partial charge in [0.1, 0.15) is 12.6 Å². The van der Waals surface area contributed by atoms with E-state index in [2.05, 4.69) is 5.32 Å². The van der Waals surface area contributed by atoms with E-state index in [1.165, 1.54) is 4.90 Å². The second kappa shape index (κ2) is 11.7. The summed E-state index contributed by atoms with van der Waals surface area (Å²) in [6, 6.07) is 11.5. The lowest BCUT2D eigenvalue weighted by Gasteiger charge is -2.33. The molecule has 0 aliphatic carbocycles. The fourth-order valence-corrected chi connectivity index (χ4v) is 4.81. The molecule has 0 fully saturated rings. The molecule has 0 radical (unpaired) electrons. The average molecular weight is 508 g/mol. The molecule has 0 unspecified atom stereocenters. The highest BCUT2D eigenvalue weighted by molar-refractivity contribution is 7.92. The predicted octanol–water partition coefficient (Wildman–Crippen LogP) is 4.05. The van der Waals surface area contributed by atoms with Crippen molar-refractivity contribution in [3.05, 3.63) is 64.2 Å². The lowest BCUT2D eigenvalue weighted by molar-refractivity contribution is -0.140. The van der Waals surface area contributed by atoms with E-state index in [-0.39, 0.29) is 18.5 Å². The van der Waals surface area contributed by atoms with Crippen LogP contribution in [0.5, 0.6) is 0 Å². The molecule has 7 nitrogen and oxygen atoms in total. The summed E-state index contributed by atoms with van der Waals surface area (Å²) >= 11 is 6.35. The van der Waals surface area contributed by atoms with Gasteiger partial charge in [0.25, 0.3) is 0 Å². The summed E-state index contributed by atoms with van der Waals surface area (Å²) in [4.78, 5) is 28.1. The van der Waals surface area contributed by atoms with Crippen LogP contribution < -0.4 is 9.62 Å². The summed E-state index contributed by atoms with van der Waals surface area (Å²) in [5, 5.41) is 3.33. The molecule has 1 atom stereocenters. The monoisotopic (exact) mass is 507 g/mol. The molecule has 1 N–H and O–H groups in total. The van der Waals surface area contributed by atoms with Gasteiger partial charge in [0.2, 0.25) is 21.8 Å². The van der Waals surface area contributed by atoms with Crippen molar-refractivity contribution < 1.29 is 18.0 Å². The van der Waals surface area contributed by atoms with E-state index < -0.39 is 28.5 Å². The lowest BCUT2D eigenvalue weighted by Crippen LogP contribution is -2.53. The highest BCUT2D eigenvalue weighted by Crippen LogP contribution is 2.26. The Morgan fingerprint density at radius 1 is 1.06 bits per heavy atom. The first kappa shape index (κ1) is 27.7. The molecule has 0 aromatic heterocycles. The first-order chi connectivity index (χ1) is 15.9. The first-order valence-corrected chi connectivity index (χ1v) is 13.5. The average Bonchev–Trinajstić information content (AvgIpc) is 2.74. The van der Waals surface area contributed by atoms with Crippen LogP contribution in [0.2, 0.25) is 5.02 Å². The standard InChI is InChI=1S/C25H34ClN3O4S/c1-7-22(25(31)27-17(2)3)28(15-20-12-8-9-13-21(20)26)24(30)16-29(34(6,32)33)23-14-10-11-18(4)19(23)5/h8-14,17,22H,7,15-16H2,1-6H3,(H,27,31)/t22-/m0/s1. The van der Waals surface area contributed by atoms with Crippen LogP contribution in [-0.2, 0) is 26.2 Å². The largest absolute Gasteiger partial charge is 0.352 e. The number of carbonyl (C=O) groups excluding carboxylic acids is 2. The third kappa shape index (κ3) is 6.96. The normalized spacial score (nSPS) is 12.4. The van der Waals surface area contributed by atoms with Crippen molar-refractivity contribution in [2.24, 2.45) is 0 Å².